The maximum Gasteiger partial charge on any atom is 0.102 e. The van der Waals surface area contributed by atoms with Crippen molar-refractivity contribution in [2.24, 2.45) is 0 Å². The summed E-state index contributed by atoms with van der Waals surface area (Å²) in [4.78, 5) is 0. The van der Waals surface area contributed by atoms with E-state index in [-0.39, 0.29) is 6.10 Å². The van der Waals surface area contributed by atoms with Crippen LogP contribution in [0.15, 0.2) is 79.0 Å². The van der Waals surface area contributed by atoms with Crippen molar-refractivity contribution < 1.29 is 4.74 Å². The Morgan fingerprint density at radius 1 is 0.852 bits per heavy atom. The number of hydrogen-bond donors (Lipinski definition) is 0. The Hall–Kier alpha value is -2.33. The maximum atomic E-state index is 6.29. The third-order valence-electron chi connectivity index (χ3n) is 4.48. The predicted octanol–water partition coefficient (Wildman–Crippen LogP) is 6.30. The molecular weight excluding hydrogens is 379 g/mol. The monoisotopic (exact) mass is 396 g/mol. The van der Waals surface area contributed by atoms with Crippen LogP contribution in [0.1, 0.15) is 17.2 Å². The Labute approximate surface area is 168 Å². The summed E-state index contributed by atoms with van der Waals surface area (Å²) in [6.07, 6.45) is 1.87. The number of nitrogens with zero attached hydrogens (tertiary/aromatic N) is 2. The smallest absolute Gasteiger partial charge is 0.102 e. The van der Waals surface area contributed by atoms with Crippen LogP contribution < -0.4 is 0 Å². The fourth-order valence-electron chi connectivity index (χ4n) is 3.06. The quantitative estimate of drug-likeness (QED) is 0.382. The van der Waals surface area contributed by atoms with Gasteiger partial charge in [0.15, 0.2) is 0 Å². The number of fused-ring (bicyclic) bond motifs is 1. The Morgan fingerprint density at radius 2 is 1.56 bits per heavy atom. The first-order valence-electron chi connectivity index (χ1n) is 8.72. The zero-order valence-electron chi connectivity index (χ0n) is 14.6. The molecule has 0 aliphatic heterocycles. The summed E-state index contributed by atoms with van der Waals surface area (Å²) in [5.74, 6) is 0. The zero-order chi connectivity index (χ0) is 18.6. The second kappa shape index (κ2) is 8.13. The van der Waals surface area contributed by atoms with Gasteiger partial charge in [0.25, 0.3) is 0 Å². The molecule has 0 saturated carbocycles. The third kappa shape index (κ3) is 4.16. The molecule has 0 saturated heterocycles. The minimum absolute atomic E-state index is 0.173. The van der Waals surface area contributed by atoms with Gasteiger partial charge in [-0.2, -0.15) is 5.10 Å². The number of halogens is 2. The van der Waals surface area contributed by atoms with Crippen molar-refractivity contribution in [2.45, 2.75) is 19.3 Å². The van der Waals surface area contributed by atoms with E-state index < -0.39 is 0 Å². The minimum Gasteiger partial charge on any atom is -0.367 e. The Balaban J connectivity index is 1.59. The molecule has 0 unspecified atom stereocenters. The van der Waals surface area contributed by atoms with Gasteiger partial charge in [0.05, 0.1) is 18.7 Å². The van der Waals surface area contributed by atoms with Crippen LogP contribution in [0.5, 0.6) is 0 Å². The van der Waals surface area contributed by atoms with Crippen LogP contribution in [0, 0.1) is 0 Å². The first kappa shape index (κ1) is 18.1. The SMILES string of the molecule is Clc1cccc(Cl)c1CO[C@@H](Cn1cc2ccccc2n1)c1ccccc1. The molecule has 0 aliphatic carbocycles. The van der Waals surface area contributed by atoms with Gasteiger partial charge in [-0.25, -0.2) is 0 Å². The van der Waals surface area contributed by atoms with Gasteiger partial charge in [0, 0.05) is 27.2 Å². The summed E-state index contributed by atoms with van der Waals surface area (Å²) < 4.78 is 8.17. The van der Waals surface area contributed by atoms with Crippen LogP contribution >= 0.6 is 23.2 Å². The summed E-state index contributed by atoms with van der Waals surface area (Å²) in [5, 5.41) is 6.98. The van der Waals surface area contributed by atoms with E-state index in [1.165, 1.54) is 0 Å². The van der Waals surface area contributed by atoms with Crippen molar-refractivity contribution in [3.8, 4) is 0 Å². The maximum absolute atomic E-state index is 6.29. The number of aromatic nitrogens is 2. The van der Waals surface area contributed by atoms with Gasteiger partial charge in [0.1, 0.15) is 6.10 Å². The van der Waals surface area contributed by atoms with Gasteiger partial charge in [-0.1, -0.05) is 77.8 Å². The van der Waals surface area contributed by atoms with Crippen molar-refractivity contribution in [2.75, 3.05) is 0 Å². The van der Waals surface area contributed by atoms with Gasteiger partial charge >= 0.3 is 0 Å². The molecule has 1 heterocycles. The molecule has 3 aromatic carbocycles. The molecule has 0 N–H and O–H groups in total. The summed E-state index contributed by atoms with van der Waals surface area (Å²) in [6.45, 7) is 0.930. The number of ether oxygens (including phenoxy) is 1. The highest BCUT2D eigenvalue weighted by molar-refractivity contribution is 6.35. The molecule has 0 radical (unpaired) electrons. The average Bonchev–Trinajstić information content (AvgIpc) is 3.10. The highest BCUT2D eigenvalue weighted by atomic mass is 35.5. The normalized spacial score (nSPS) is 12.4. The van der Waals surface area contributed by atoms with Crippen LogP contribution in [0.3, 0.4) is 0 Å². The Bertz CT molecular complexity index is 993. The Morgan fingerprint density at radius 3 is 2.30 bits per heavy atom. The first-order valence-corrected chi connectivity index (χ1v) is 9.48. The minimum atomic E-state index is -0.173. The van der Waals surface area contributed by atoms with E-state index in [4.69, 9.17) is 27.9 Å². The van der Waals surface area contributed by atoms with E-state index >= 15 is 0 Å². The highest BCUT2D eigenvalue weighted by Crippen LogP contribution is 2.28. The fourth-order valence-corrected chi connectivity index (χ4v) is 3.56. The van der Waals surface area contributed by atoms with Gasteiger partial charge in [-0.15, -0.1) is 0 Å². The van der Waals surface area contributed by atoms with E-state index in [2.05, 4.69) is 23.3 Å². The van der Waals surface area contributed by atoms with E-state index in [0.717, 1.165) is 22.0 Å². The highest BCUT2D eigenvalue weighted by Gasteiger charge is 2.16. The molecule has 1 atom stereocenters. The van der Waals surface area contributed by atoms with Crippen molar-refractivity contribution in [1.29, 1.82) is 0 Å². The molecule has 27 heavy (non-hydrogen) atoms. The average molecular weight is 397 g/mol. The molecule has 0 fully saturated rings. The summed E-state index contributed by atoms with van der Waals surface area (Å²) in [7, 11) is 0. The van der Waals surface area contributed by atoms with Crippen molar-refractivity contribution in [3.05, 3.63) is 100 Å². The van der Waals surface area contributed by atoms with Crippen molar-refractivity contribution in [3.63, 3.8) is 0 Å². The van der Waals surface area contributed by atoms with Crippen molar-refractivity contribution in [1.82, 2.24) is 9.78 Å². The van der Waals surface area contributed by atoms with E-state index in [9.17, 15) is 0 Å². The lowest BCUT2D eigenvalue weighted by molar-refractivity contribution is 0.0259. The van der Waals surface area contributed by atoms with Gasteiger partial charge in [0.2, 0.25) is 0 Å². The van der Waals surface area contributed by atoms with Crippen molar-refractivity contribution >= 4 is 34.1 Å². The summed E-state index contributed by atoms with van der Waals surface area (Å²) in [6, 6.07) is 23.7. The van der Waals surface area contributed by atoms with E-state index in [1.807, 2.05) is 65.5 Å². The number of benzene rings is 3. The van der Waals surface area contributed by atoms with Crippen LogP contribution in [0.2, 0.25) is 10.0 Å². The standard InChI is InChI=1S/C22H18Cl2N2O/c23-19-10-6-11-20(24)18(19)15-27-22(16-7-2-1-3-8-16)14-26-13-17-9-4-5-12-21(17)25-26/h1-13,22H,14-15H2/t22-/m0/s1. The molecule has 0 aliphatic rings. The molecule has 136 valence electrons. The molecule has 0 bridgehead atoms. The predicted molar refractivity (Wildman–Crippen MR) is 110 cm³/mol. The molecule has 5 heteroatoms. The lowest BCUT2D eigenvalue weighted by Crippen LogP contribution is -2.13. The third-order valence-corrected chi connectivity index (χ3v) is 5.18. The first-order chi connectivity index (χ1) is 13.2. The second-order valence-corrected chi connectivity index (χ2v) is 7.13. The Kier molecular flexibility index (Phi) is 5.44. The molecule has 0 spiro atoms. The molecule has 3 nitrogen and oxygen atoms in total. The summed E-state index contributed by atoms with van der Waals surface area (Å²) in [5.41, 5.74) is 2.85. The molecule has 4 aromatic rings. The van der Waals surface area contributed by atoms with Crippen LogP contribution in [-0.2, 0) is 17.9 Å². The molecular formula is C22H18Cl2N2O. The number of rotatable bonds is 6. The fraction of sp³-hybridized carbons (Fsp3) is 0.136. The molecule has 1 aromatic heterocycles. The van der Waals surface area contributed by atoms with Crippen LogP contribution in [0.4, 0.5) is 0 Å². The van der Waals surface area contributed by atoms with Gasteiger partial charge < -0.3 is 4.74 Å². The van der Waals surface area contributed by atoms with E-state index in [1.54, 1.807) is 0 Å². The molecule has 0 amide bonds. The van der Waals surface area contributed by atoms with Gasteiger partial charge in [-0.3, -0.25) is 4.68 Å². The van der Waals surface area contributed by atoms with E-state index in [0.29, 0.717) is 23.2 Å². The lowest BCUT2D eigenvalue weighted by atomic mass is 10.1. The second-order valence-electron chi connectivity index (χ2n) is 6.32. The zero-order valence-corrected chi connectivity index (χ0v) is 16.1. The topological polar surface area (TPSA) is 27.1 Å². The molecule has 4 rings (SSSR count). The van der Waals surface area contributed by atoms with Gasteiger partial charge in [-0.05, 0) is 23.8 Å². The largest absolute Gasteiger partial charge is 0.367 e. The number of hydrogen-bond acceptors (Lipinski definition) is 2. The lowest BCUT2D eigenvalue weighted by Gasteiger charge is -2.19. The summed E-state index contributed by atoms with van der Waals surface area (Å²) >= 11 is 12.6. The van der Waals surface area contributed by atoms with Crippen LogP contribution in [0.25, 0.3) is 10.9 Å². The van der Waals surface area contributed by atoms with Crippen LogP contribution in [-0.4, -0.2) is 9.78 Å².